The zero-order valence-corrected chi connectivity index (χ0v) is 12.7. The molecule has 1 aliphatic carbocycles. The molecule has 0 bridgehead atoms. The maximum Gasteiger partial charge on any atom is 0.116 e. The van der Waals surface area contributed by atoms with Crippen LogP contribution in [0.3, 0.4) is 0 Å². The van der Waals surface area contributed by atoms with Crippen molar-refractivity contribution in [2.45, 2.75) is 38.5 Å². The smallest absolute Gasteiger partial charge is 0.116 e. The highest BCUT2D eigenvalue weighted by Crippen LogP contribution is 2.36. The van der Waals surface area contributed by atoms with Crippen LogP contribution in [-0.4, -0.2) is 55.8 Å². The van der Waals surface area contributed by atoms with Crippen LogP contribution in [0, 0.1) is 5.92 Å². The number of nitrogens with two attached hydrogens (primary N) is 1. The van der Waals surface area contributed by atoms with E-state index in [0.717, 1.165) is 43.3 Å². The van der Waals surface area contributed by atoms with E-state index in [4.69, 9.17) is 5.73 Å². The van der Waals surface area contributed by atoms with Crippen molar-refractivity contribution < 1.29 is 4.39 Å². The molecule has 0 saturated carbocycles. The largest absolute Gasteiger partial charge is 0.381 e. The lowest BCUT2D eigenvalue weighted by atomic mass is 10.00. The number of rotatable bonds is 5. The van der Waals surface area contributed by atoms with E-state index in [1.165, 1.54) is 12.8 Å². The standard InChI is InChI=1S/C15H26FN5/c1-10-8-11(16)13(15(17)21-6-2-3-7-21)14(10)20-9-12-18-4-5-19-12/h11,13,15,20H,2-9,17H2,1H3,(H,18,19). The predicted octanol–water partition coefficient (Wildman–Crippen LogP) is 0.590. The number of likely N-dealkylation sites (tertiary alicyclic amines) is 1. The Balaban J connectivity index is 1.67. The number of halogens is 1. The molecule has 5 nitrogen and oxygen atoms in total. The van der Waals surface area contributed by atoms with E-state index in [1.807, 2.05) is 6.92 Å². The average Bonchev–Trinajstić information content (AvgIpc) is 3.17. The Morgan fingerprint density at radius 2 is 2.24 bits per heavy atom. The SMILES string of the molecule is CC1=C(NCC2=NCCN2)C(C(N)N2CCCC2)C(F)C1. The first-order valence-corrected chi connectivity index (χ1v) is 8.01. The first-order chi connectivity index (χ1) is 10.2. The van der Waals surface area contributed by atoms with Crippen molar-refractivity contribution in [2.24, 2.45) is 16.6 Å². The normalized spacial score (nSPS) is 31.5. The van der Waals surface area contributed by atoms with E-state index < -0.39 is 6.17 Å². The van der Waals surface area contributed by atoms with Gasteiger partial charge in [0.25, 0.3) is 0 Å². The van der Waals surface area contributed by atoms with E-state index in [1.54, 1.807) is 0 Å². The molecule has 0 aromatic heterocycles. The summed E-state index contributed by atoms with van der Waals surface area (Å²) in [4.78, 5) is 6.60. The van der Waals surface area contributed by atoms with Gasteiger partial charge >= 0.3 is 0 Å². The van der Waals surface area contributed by atoms with Crippen LogP contribution in [-0.2, 0) is 0 Å². The molecule has 1 saturated heterocycles. The van der Waals surface area contributed by atoms with Gasteiger partial charge in [-0.1, -0.05) is 5.57 Å². The summed E-state index contributed by atoms with van der Waals surface area (Å²) in [6.45, 7) is 6.36. The Hall–Kier alpha value is -1.14. The molecule has 0 aromatic rings. The van der Waals surface area contributed by atoms with Crippen molar-refractivity contribution in [3.05, 3.63) is 11.3 Å². The summed E-state index contributed by atoms with van der Waals surface area (Å²) in [5, 5.41) is 6.63. The maximum atomic E-state index is 14.5. The maximum absolute atomic E-state index is 14.5. The molecule has 0 amide bonds. The van der Waals surface area contributed by atoms with Gasteiger partial charge in [0.05, 0.1) is 25.2 Å². The third-order valence-electron chi connectivity index (χ3n) is 4.80. The van der Waals surface area contributed by atoms with E-state index >= 15 is 0 Å². The number of amidine groups is 1. The quantitative estimate of drug-likeness (QED) is 0.694. The zero-order chi connectivity index (χ0) is 14.8. The fraction of sp³-hybridized carbons (Fsp3) is 0.800. The molecular weight excluding hydrogens is 269 g/mol. The molecular formula is C15H26FN5. The number of alkyl halides is 1. The third-order valence-corrected chi connectivity index (χ3v) is 4.80. The lowest BCUT2D eigenvalue weighted by Gasteiger charge is -2.32. The zero-order valence-electron chi connectivity index (χ0n) is 12.7. The molecule has 3 unspecified atom stereocenters. The van der Waals surface area contributed by atoms with Crippen molar-refractivity contribution in [3.8, 4) is 0 Å². The van der Waals surface area contributed by atoms with Crippen molar-refractivity contribution in [2.75, 3.05) is 32.7 Å². The van der Waals surface area contributed by atoms with Gasteiger partial charge in [0.1, 0.15) is 12.0 Å². The molecule has 3 atom stereocenters. The minimum absolute atomic E-state index is 0.221. The van der Waals surface area contributed by atoms with Crippen LogP contribution in [0.1, 0.15) is 26.2 Å². The highest BCUT2D eigenvalue weighted by atomic mass is 19.1. The number of allylic oxidation sites excluding steroid dienone is 1. The van der Waals surface area contributed by atoms with E-state index in [2.05, 4.69) is 20.5 Å². The molecule has 21 heavy (non-hydrogen) atoms. The van der Waals surface area contributed by atoms with Gasteiger partial charge in [-0.3, -0.25) is 9.89 Å². The van der Waals surface area contributed by atoms with Gasteiger partial charge in [0.15, 0.2) is 0 Å². The lowest BCUT2D eigenvalue weighted by Crippen LogP contribution is -2.50. The first-order valence-electron chi connectivity index (χ1n) is 8.01. The Labute approximate surface area is 125 Å². The van der Waals surface area contributed by atoms with Gasteiger partial charge in [0.2, 0.25) is 0 Å². The Morgan fingerprint density at radius 1 is 1.48 bits per heavy atom. The topological polar surface area (TPSA) is 65.7 Å². The molecule has 3 rings (SSSR count). The van der Waals surface area contributed by atoms with Gasteiger partial charge in [-0.25, -0.2) is 4.39 Å². The number of nitrogens with one attached hydrogen (secondary N) is 2. The second-order valence-electron chi connectivity index (χ2n) is 6.28. The summed E-state index contributed by atoms with van der Waals surface area (Å²) in [5.41, 5.74) is 8.47. The molecule has 2 aliphatic heterocycles. The van der Waals surface area contributed by atoms with Crippen molar-refractivity contribution in [1.82, 2.24) is 15.5 Å². The third kappa shape index (κ3) is 3.06. The van der Waals surface area contributed by atoms with Crippen molar-refractivity contribution >= 4 is 5.84 Å². The number of hydrogen-bond donors (Lipinski definition) is 3. The summed E-state index contributed by atoms with van der Waals surface area (Å²) in [6, 6.07) is 0. The minimum atomic E-state index is -0.874. The molecule has 0 aromatic carbocycles. The highest BCUT2D eigenvalue weighted by molar-refractivity contribution is 5.85. The summed E-state index contributed by atoms with van der Waals surface area (Å²) in [6.07, 6.45) is 1.74. The van der Waals surface area contributed by atoms with Gasteiger partial charge in [-0.2, -0.15) is 0 Å². The average molecular weight is 295 g/mol. The predicted molar refractivity (Wildman–Crippen MR) is 82.8 cm³/mol. The monoisotopic (exact) mass is 295 g/mol. The summed E-state index contributed by atoms with van der Waals surface area (Å²) in [7, 11) is 0. The minimum Gasteiger partial charge on any atom is -0.381 e. The highest BCUT2D eigenvalue weighted by Gasteiger charge is 2.40. The van der Waals surface area contributed by atoms with Crippen LogP contribution in [0.2, 0.25) is 0 Å². The van der Waals surface area contributed by atoms with Crippen LogP contribution in [0.15, 0.2) is 16.3 Å². The second-order valence-corrected chi connectivity index (χ2v) is 6.28. The van der Waals surface area contributed by atoms with Gasteiger partial charge in [-0.15, -0.1) is 0 Å². The molecule has 1 fully saturated rings. The molecule has 4 N–H and O–H groups in total. The van der Waals surface area contributed by atoms with E-state index in [0.29, 0.717) is 13.0 Å². The van der Waals surface area contributed by atoms with E-state index in [9.17, 15) is 4.39 Å². The van der Waals surface area contributed by atoms with Crippen LogP contribution in [0.4, 0.5) is 4.39 Å². The van der Waals surface area contributed by atoms with Gasteiger partial charge < -0.3 is 16.4 Å². The summed E-state index contributed by atoms with van der Waals surface area (Å²) < 4.78 is 14.5. The Morgan fingerprint density at radius 3 is 2.90 bits per heavy atom. The van der Waals surface area contributed by atoms with Crippen molar-refractivity contribution in [3.63, 3.8) is 0 Å². The molecule has 0 radical (unpaired) electrons. The van der Waals surface area contributed by atoms with Crippen LogP contribution >= 0.6 is 0 Å². The van der Waals surface area contributed by atoms with Crippen molar-refractivity contribution in [1.29, 1.82) is 0 Å². The van der Waals surface area contributed by atoms with Crippen LogP contribution in [0.5, 0.6) is 0 Å². The number of aliphatic imine (C=N–C) groups is 1. The molecule has 6 heteroatoms. The summed E-state index contributed by atoms with van der Waals surface area (Å²) >= 11 is 0. The van der Waals surface area contributed by atoms with Gasteiger partial charge in [-0.05, 0) is 32.9 Å². The van der Waals surface area contributed by atoms with E-state index in [-0.39, 0.29) is 12.1 Å². The first kappa shape index (κ1) is 14.8. The second kappa shape index (κ2) is 6.32. The van der Waals surface area contributed by atoms with Crippen LogP contribution in [0.25, 0.3) is 0 Å². The van der Waals surface area contributed by atoms with Crippen LogP contribution < -0.4 is 16.4 Å². The fourth-order valence-corrected chi connectivity index (χ4v) is 3.66. The molecule has 2 heterocycles. The number of hydrogen-bond acceptors (Lipinski definition) is 5. The molecule has 118 valence electrons. The molecule has 0 spiro atoms. The molecule has 3 aliphatic rings. The Bertz CT molecular complexity index is 441. The fourth-order valence-electron chi connectivity index (χ4n) is 3.66. The van der Waals surface area contributed by atoms with Gasteiger partial charge in [0, 0.05) is 18.7 Å². The lowest BCUT2D eigenvalue weighted by molar-refractivity contribution is 0.135. The number of nitrogens with zero attached hydrogens (tertiary/aromatic N) is 2. The summed E-state index contributed by atoms with van der Waals surface area (Å²) in [5.74, 6) is 0.733. The Kier molecular flexibility index (Phi) is 4.45.